The van der Waals surface area contributed by atoms with E-state index in [1.54, 1.807) is 0 Å². The maximum atomic E-state index is 5.79. The van der Waals surface area contributed by atoms with Crippen LogP contribution in [0, 0.1) is 20.9 Å². The number of hydrogen-bond acceptors (Lipinski definition) is 1. The van der Waals surface area contributed by atoms with Gasteiger partial charge in [-0.15, -0.1) is 12.4 Å². The van der Waals surface area contributed by atoms with Gasteiger partial charge >= 0.3 is 0 Å². The minimum atomic E-state index is 0. The van der Waals surface area contributed by atoms with E-state index in [9.17, 15) is 0 Å². The predicted molar refractivity (Wildman–Crippen MR) is 62.3 cm³/mol. The Morgan fingerprint density at radius 3 is 1.38 bits per heavy atom. The van der Waals surface area contributed by atoms with Crippen LogP contribution in [0.5, 0.6) is 0 Å². The molecule has 0 aliphatic heterocycles. The number of hydrogen-bond donors (Lipinski definition) is 1. The van der Waals surface area contributed by atoms with Crippen molar-refractivity contribution >= 4 is 12.4 Å². The molecule has 0 aromatic carbocycles. The summed E-state index contributed by atoms with van der Waals surface area (Å²) >= 11 is 0. The number of halogens is 1. The van der Waals surface area contributed by atoms with E-state index < -0.39 is 0 Å². The van der Waals surface area contributed by atoms with E-state index in [1.165, 1.54) is 57.4 Å². The molecule has 0 saturated heterocycles. The van der Waals surface area contributed by atoms with Crippen LogP contribution in [-0.2, 0) is 0 Å². The fraction of sp³-hybridized carbons (Fsp3) is 0.727. The van der Waals surface area contributed by atoms with Crippen LogP contribution < -0.4 is 5.73 Å². The summed E-state index contributed by atoms with van der Waals surface area (Å²) in [5.41, 5.74) is 5.79. The third-order valence-electron chi connectivity index (χ3n) is 2.25. The van der Waals surface area contributed by atoms with Crippen molar-refractivity contribution < 1.29 is 0 Å². The van der Waals surface area contributed by atoms with Crippen LogP contribution in [-0.4, -0.2) is 0 Å². The molecule has 0 aromatic heterocycles. The van der Waals surface area contributed by atoms with E-state index in [0.717, 1.165) is 0 Å². The highest BCUT2D eigenvalue weighted by atomic mass is 35.5. The molecule has 0 heterocycles. The molecule has 1 saturated carbocycles. The minimum Gasteiger partial charge on any atom is -0.324 e. The molecule has 5 radical (unpaired) electrons. The second-order valence-corrected chi connectivity index (χ2v) is 3.28. The van der Waals surface area contributed by atoms with Crippen molar-refractivity contribution in [3.8, 4) is 0 Å². The molecule has 0 unspecified atom stereocenters. The number of nitrogens with two attached hydrogens (primary N) is 1. The highest BCUT2D eigenvalue weighted by Gasteiger charge is 2.04. The Morgan fingerprint density at radius 2 is 1.00 bits per heavy atom. The van der Waals surface area contributed by atoms with Crippen molar-refractivity contribution in [2.75, 3.05) is 0 Å². The summed E-state index contributed by atoms with van der Waals surface area (Å²) in [5.74, 6) is 0. The first-order valence-electron chi connectivity index (χ1n) is 4.50. The molecule has 0 spiro atoms. The maximum Gasteiger partial charge on any atom is 0.0336 e. The molecule has 0 amide bonds. The van der Waals surface area contributed by atoms with Gasteiger partial charge in [0.1, 0.15) is 0 Å². The van der Waals surface area contributed by atoms with E-state index >= 15 is 0 Å². The van der Waals surface area contributed by atoms with E-state index in [-0.39, 0.29) is 27.3 Å². The van der Waals surface area contributed by atoms with Gasteiger partial charge in [-0.2, -0.15) is 0 Å². The Balaban J connectivity index is -0.000000333. The molecule has 13 heavy (non-hydrogen) atoms. The van der Waals surface area contributed by atoms with Crippen LogP contribution in [0.25, 0.3) is 0 Å². The van der Waals surface area contributed by atoms with Crippen LogP contribution in [0.15, 0.2) is 0 Å². The molecule has 1 fully saturated rings. The zero-order valence-electron chi connectivity index (χ0n) is 8.56. The van der Waals surface area contributed by atoms with Crippen molar-refractivity contribution in [3.63, 3.8) is 0 Å². The largest absolute Gasteiger partial charge is 0.324 e. The summed E-state index contributed by atoms with van der Waals surface area (Å²) in [7, 11) is 0. The van der Waals surface area contributed by atoms with Gasteiger partial charge < -0.3 is 5.73 Å². The highest BCUT2D eigenvalue weighted by molar-refractivity contribution is 5.85. The van der Waals surface area contributed by atoms with Crippen LogP contribution in [0.2, 0.25) is 0 Å². The fourth-order valence-electron chi connectivity index (χ4n) is 1.54. The standard InChI is InChI=1S/C9H18N.2CH2.ClH/c10-9-7-5-3-1-2-4-6-8-9;;;/h1-8,10H2;2*1H2;1H. The zero-order chi connectivity index (χ0) is 7.23. The Morgan fingerprint density at radius 1 is 0.692 bits per heavy atom. The molecular weight excluding hydrogens is 182 g/mol. The Bertz CT molecular complexity index is 76.2. The second-order valence-electron chi connectivity index (χ2n) is 3.28. The van der Waals surface area contributed by atoms with Gasteiger partial charge in [0.15, 0.2) is 0 Å². The van der Waals surface area contributed by atoms with Gasteiger partial charge in [0.2, 0.25) is 0 Å². The lowest BCUT2D eigenvalue weighted by Crippen LogP contribution is -2.08. The molecule has 1 rings (SSSR count). The Labute approximate surface area is 90.9 Å². The number of rotatable bonds is 0. The summed E-state index contributed by atoms with van der Waals surface area (Å²) in [5, 5.41) is 0. The summed E-state index contributed by atoms with van der Waals surface area (Å²) in [6.07, 6.45) is 10.6. The normalized spacial score (nSPS) is 19.2. The van der Waals surface area contributed by atoms with Crippen molar-refractivity contribution in [2.24, 2.45) is 5.73 Å². The molecule has 2 N–H and O–H groups in total. The van der Waals surface area contributed by atoms with Crippen LogP contribution >= 0.6 is 12.4 Å². The third-order valence-corrected chi connectivity index (χ3v) is 2.25. The molecular formula is C11H23ClN. The minimum absolute atomic E-state index is 0. The molecule has 0 aromatic rings. The average Bonchev–Trinajstić information content (AvgIpc) is 2.02. The maximum absolute atomic E-state index is 5.79. The Kier molecular flexibility index (Phi) is 17.8. The lowest BCUT2D eigenvalue weighted by molar-refractivity contribution is 0.624. The smallest absolute Gasteiger partial charge is 0.0336 e. The lowest BCUT2D eigenvalue weighted by Gasteiger charge is -2.06. The average molecular weight is 205 g/mol. The SMILES string of the molecule is Cl.N[C]1CCCCCCCC1.[CH2].[CH2]. The van der Waals surface area contributed by atoms with Gasteiger partial charge in [-0.3, -0.25) is 0 Å². The molecule has 2 heteroatoms. The monoisotopic (exact) mass is 204 g/mol. The summed E-state index contributed by atoms with van der Waals surface area (Å²) in [6, 6.07) is 1.24. The van der Waals surface area contributed by atoms with Gasteiger partial charge in [0, 0.05) is 6.04 Å². The van der Waals surface area contributed by atoms with E-state index in [1.807, 2.05) is 0 Å². The summed E-state index contributed by atoms with van der Waals surface area (Å²) < 4.78 is 0. The molecule has 1 aliphatic rings. The topological polar surface area (TPSA) is 26.0 Å². The first-order chi connectivity index (χ1) is 4.89. The van der Waals surface area contributed by atoms with Gasteiger partial charge in [0.25, 0.3) is 0 Å². The molecule has 0 bridgehead atoms. The van der Waals surface area contributed by atoms with Gasteiger partial charge in [0.05, 0.1) is 0 Å². The third kappa shape index (κ3) is 10.2. The van der Waals surface area contributed by atoms with Crippen LogP contribution in [0.1, 0.15) is 51.4 Å². The second kappa shape index (κ2) is 12.2. The first kappa shape index (κ1) is 18.9. The van der Waals surface area contributed by atoms with Crippen LogP contribution in [0.3, 0.4) is 0 Å². The zero-order valence-corrected chi connectivity index (χ0v) is 9.37. The molecule has 1 aliphatic carbocycles. The van der Waals surface area contributed by atoms with Gasteiger partial charge in [-0.25, -0.2) is 0 Å². The van der Waals surface area contributed by atoms with Crippen molar-refractivity contribution in [2.45, 2.75) is 51.4 Å². The first-order valence-corrected chi connectivity index (χ1v) is 4.50. The fourth-order valence-corrected chi connectivity index (χ4v) is 1.54. The summed E-state index contributed by atoms with van der Waals surface area (Å²) in [4.78, 5) is 0. The highest BCUT2D eigenvalue weighted by Crippen LogP contribution is 2.18. The lowest BCUT2D eigenvalue weighted by atomic mass is 10.1. The van der Waals surface area contributed by atoms with E-state index in [2.05, 4.69) is 0 Å². The van der Waals surface area contributed by atoms with Gasteiger partial charge in [-0.05, 0) is 12.8 Å². The van der Waals surface area contributed by atoms with Crippen molar-refractivity contribution in [3.05, 3.63) is 20.9 Å². The summed E-state index contributed by atoms with van der Waals surface area (Å²) in [6.45, 7) is 0. The predicted octanol–water partition coefficient (Wildman–Crippen LogP) is 3.69. The molecule has 0 atom stereocenters. The quantitative estimate of drug-likeness (QED) is 0.640. The molecule has 1 nitrogen and oxygen atoms in total. The van der Waals surface area contributed by atoms with Crippen molar-refractivity contribution in [1.29, 1.82) is 0 Å². The Hall–Kier alpha value is 0.250. The molecule has 79 valence electrons. The van der Waals surface area contributed by atoms with Crippen LogP contribution in [0.4, 0.5) is 0 Å². The van der Waals surface area contributed by atoms with E-state index in [0.29, 0.717) is 0 Å². The van der Waals surface area contributed by atoms with E-state index in [4.69, 9.17) is 5.73 Å². The van der Waals surface area contributed by atoms with Gasteiger partial charge in [-0.1, -0.05) is 53.4 Å². The van der Waals surface area contributed by atoms with Crippen molar-refractivity contribution in [1.82, 2.24) is 0 Å².